The molecule has 2 N–H and O–H groups in total. The Labute approximate surface area is 140 Å². The van der Waals surface area contributed by atoms with Crippen molar-refractivity contribution in [3.05, 3.63) is 52.2 Å². The van der Waals surface area contributed by atoms with E-state index in [-0.39, 0.29) is 18.0 Å². The topological polar surface area (TPSA) is 61.4 Å². The Hall–Kier alpha value is -2.34. The highest BCUT2D eigenvalue weighted by atomic mass is 32.1. The fraction of sp³-hybridized carbons (Fsp3) is 0.294. The second-order valence-electron chi connectivity index (χ2n) is 5.47. The summed E-state index contributed by atoms with van der Waals surface area (Å²) in [5.74, 6) is -0.116. The summed E-state index contributed by atoms with van der Waals surface area (Å²) in [5.41, 5.74) is 2.78. The van der Waals surface area contributed by atoms with E-state index in [2.05, 4.69) is 10.6 Å². The number of anilines is 1. The lowest BCUT2D eigenvalue weighted by Gasteiger charge is -2.21. The van der Waals surface area contributed by atoms with Crippen LogP contribution in [0.1, 0.15) is 31.0 Å². The summed E-state index contributed by atoms with van der Waals surface area (Å²) >= 11 is 1.62. The summed E-state index contributed by atoms with van der Waals surface area (Å²) in [6, 6.07) is 9.20. The van der Waals surface area contributed by atoms with Crippen molar-refractivity contribution in [3.8, 4) is 0 Å². The molecule has 0 saturated carbocycles. The summed E-state index contributed by atoms with van der Waals surface area (Å²) in [6.45, 7) is 3.97. The molecule has 2 aromatic rings. The van der Waals surface area contributed by atoms with Crippen molar-refractivity contribution in [3.63, 3.8) is 0 Å². The van der Waals surface area contributed by atoms with Gasteiger partial charge in [-0.15, -0.1) is 0 Å². The number of hydrogen-bond acceptors (Lipinski definition) is 3. The van der Waals surface area contributed by atoms with Gasteiger partial charge < -0.3 is 15.5 Å². The van der Waals surface area contributed by atoms with Crippen LogP contribution in [-0.2, 0) is 11.3 Å². The Bertz CT molecular complexity index is 670. The van der Waals surface area contributed by atoms with Gasteiger partial charge in [0.05, 0.1) is 6.04 Å². The zero-order valence-electron chi connectivity index (χ0n) is 13.5. The van der Waals surface area contributed by atoms with Crippen LogP contribution in [0, 0.1) is 0 Å². The van der Waals surface area contributed by atoms with Gasteiger partial charge in [0.1, 0.15) is 0 Å². The maximum absolute atomic E-state index is 12.3. The van der Waals surface area contributed by atoms with Crippen LogP contribution in [0.5, 0.6) is 0 Å². The Morgan fingerprint density at radius 2 is 2.09 bits per heavy atom. The number of carbonyl (C=O) groups is 2. The minimum absolute atomic E-state index is 0.116. The fourth-order valence-electron chi connectivity index (χ4n) is 2.20. The van der Waals surface area contributed by atoms with Gasteiger partial charge in [0, 0.05) is 26.2 Å². The minimum Gasteiger partial charge on any atom is -0.331 e. The first-order valence-electron chi connectivity index (χ1n) is 7.36. The van der Waals surface area contributed by atoms with Crippen LogP contribution in [0.3, 0.4) is 0 Å². The van der Waals surface area contributed by atoms with E-state index in [0.717, 1.165) is 16.8 Å². The van der Waals surface area contributed by atoms with E-state index in [1.807, 2.05) is 48.0 Å². The summed E-state index contributed by atoms with van der Waals surface area (Å²) in [4.78, 5) is 25.0. The van der Waals surface area contributed by atoms with Crippen molar-refractivity contribution in [2.24, 2.45) is 0 Å². The number of benzene rings is 1. The van der Waals surface area contributed by atoms with Gasteiger partial charge in [0.15, 0.2) is 0 Å². The maximum atomic E-state index is 12.3. The average molecular weight is 331 g/mol. The van der Waals surface area contributed by atoms with Crippen LogP contribution in [0.15, 0.2) is 41.1 Å². The number of rotatable bonds is 5. The first-order valence-corrected chi connectivity index (χ1v) is 8.30. The van der Waals surface area contributed by atoms with Gasteiger partial charge in [-0.25, -0.2) is 4.79 Å². The third-order valence-corrected chi connectivity index (χ3v) is 4.13. The van der Waals surface area contributed by atoms with Crippen molar-refractivity contribution in [1.82, 2.24) is 10.2 Å². The van der Waals surface area contributed by atoms with Crippen molar-refractivity contribution in [2.45, 2.75) is 26.4 Å². The first-order chi connectivity index (χ1) is 11.0. The predicted octanol–water partition coefficient (Wildman–Crippen LogP) is 3.61. The summed E-state index contributed by atoms with van der Waals surface area (Å²) < 4.78 is 0. The molecule has 1 atom stereocenters. The lowest BCUT2D eigenvalue weighted by molar-refractivity contribution is -0.114. The van der Waals surface area contributed by atoms with Crippen molar-refractivity contribution in [2.75, 3.05) is 12.4 Å². The number of thiophene rings is 1. The van der Waals surface area contributed by atoms with Gasteiger partial charge in [-0.05, 0) is 47.0 Å². The molecular weight excluding hydrogens is 310 g/mol. The van der Waals surface area contributed by atoms with Crippen LogP contribution >= 0.6 is 11.3 Å². The third-order valence-electron chi connectivity index (χ3n) is 3.39. The van der Waals surface area contributed by atoms with Crippen molar-refractivity contribution < 1.29 is 9.59 Å². The van der Waals surface area contributed by atoms with Gasteiger partial charge in [-0.3, -0.25) is 4.79 Å². The zero-order chi connectivity index (χ0) is 16.8. The molecule has 0 saturated heterocycles. The molecule has 122 valence electrons. The van der Waals surface area contributed by atoms with E-state index in [4.69, 9.17) is 0 Å². The van der Waals surface area contributed by atoms with Crippen LogP contribution < -0.4 is 10.6 Å². The van der Waals surface area contributed by atoms with Crippen LogP contribution in [0.25, 0.3) is 0 Å². The van der Waals surface area contributed by atoms with Gasteiger partial charge in [0.25, 0.3) is 0 Å². The van der Waals surface area contributed by atoms with Gasteiger partial charge in [-0.2, -0.15) is 11.3 Å². The molecule has 5 nitrogen and oxygen atoms in total. The highest BCUT2D eigenvalue weighted by Crippen LogP contribution is 2.18. The molecule has 0 bridgehead atoms. The smallest absolute Gasteiger partial charge is 0.317 e. The number of nitrogens with zero attached hydrogens (tertiary/aromatic N) is 1. The second-order valence-corrected chi connectivity index (χ2v) is 6.25. The standard InChI is InChI=1S/C17H21N3O2S/c1-12(15-5-4-6-16(9-15)19-13(2)21)18-17(22)20(3)10-14-7-8-23-11-14/h4-9,11-12H,10H2,1-3H3,(H,18,22)(H,19,21)/t12-/m0/s1. The molecule has 1 aromatic heterocycles. The average Bonchev–Trinajstić information content (AvgIpc) is 2.99. The number of hydrogen-bond donors (Lipinski definition) is 2. The lowest BCUT2D eigenvalue weighted by atomic mass is 10.1. The highest BCUT2D eigenvalue weighted by molar-refractivity contribution is 7.07. The number of nitrogens with one attached hydrogen (secondary N) is 2. The first kappa shape index (κ1) is 17.0. The fourth-order valence-corrected chi connectivity index (χ4v) is 2.86. The summed E-state index contributed by atoms with van der Waals surface area (Å²) in [7, 11) is 1.77. The summed E-state index contributed by atoms with van der Waals surface area (Å²) in [6.07, 6.45) is 0. The number of carbonyl (C=O) groups excluding carboxylic acids is 2. The zero-order valence-corrected chi connectivity index (χ0v) is 14.3. The van der Waals surface area contributed by atoms with E-state index in [1.54, 1.807) is 23.3 Å². The quantitative estimate of drug-likeness (QED) is 0.879. The Morgan fingerprint density at radius 1 is 1.30 bits per heavy atom. The van der Waals surface area contributed by atoms with Crippen LogP contribution in [0.2, 0.25) is 0 Å². The largest absolute Gasteiger partial charge is 0.331 e. The van der Waals surface area contributed by atoms with Crippen LogP contribution in [-0.4, -0.2) is 23.9 Å². The normalized spacial score (nSPS) is 11.6. The van der Waals surface area contributed by atoms with E-state index in [9.17, 15) is 9.59 Å². The number of amides is 3. The molecule has 0 aliphatic rings. The molecule has 3 amide bonds. The molecule has 6 heteroatoms. The molecule has 0 radical (unpaired) electrons. The predicted molar refractivity (Wildman–Crippen MR) is 93.5 cm³/mol. The monoisotopic (exact) mass is 331 g/mol. The Kier molecular flexibility index (Phi) is 5.76. The number of urea groups is 1. The molecule has 0 spiro atoms. The highest BCUT2D eigenvalue weighted by Gasteiger charge is 2.14. The van der Waals surface area contributed by atoms with Crippen LogP contribution in [0.4, 0.5) is 10.5 Å². The minimum atomic E-state index is -0.152. The Morgan fingerprint density at radius 3 is 2.74 bits per heavy atom. The lowest BCUT2D eigenvalue weighted by Crippen LogP contribution is -2.38. The van der Waals surface area contributed by atoms with Crippen molar-refractivity contribution in [1.29, 1.82) is 0 Å². The molecule has 23 heavy (non-hydrogen) atoms. The van der Waals surface area contributed by atoms with E-state index >= 15 is 0 Å². The Balaban J connectivity index is 1.96. The van der Waals surface area contributed by atoms with Gasteiger partial charge >= 0.3 is 6.03 Å². The maximum Gasteiger partial charge on any atom is 0.317 e. The van der Waals surface area contributed by atoms with Gasteiger partial charge in [-0.1, -0.05) is 12.1 Å². The molecule has 0 unspecified atom stereocenters. The molecule has 1 aromatic carbocycles. The molecule has 0 fully saturated rings. The molecular formula is C17H21N3O2S. The van der Waals surface area contributed by atoms with E-state index in [0.29, 0.717) is 6.54 Å². The van der Waals surface area contributed by atoms with E-state index < -0.39 is 0 Å². The third kappa shape index (κ3) is 5.10. The SMILES string of the molecule is CC(=O)Nc1cccc([C@H](C)NC(=O)N(C)Cc2ccsc2)c1. The molecule has 1 heterocycles. The van der Waals surface area contributed by atoms with E-state index in [1.165, 1.54) is 6.92 Å². The second kappa shape index (κ2) is 7.78. The van der Waals surface area contributed by atoms with Crippen molar-refractivity contribution >= 4 is 29.0 Å². The summed E-state index contributed by atoms with van der Waals surface area (Å²) in [5, 5.41) is 9.74. The molecule has 0 aliphatic heterocycles. The molecule has 2 rings (SSSR count). The van der Waals surface area contributed by atoms with Gasteiger partial charge in [0.2, 0.25) is 5.91 Å². The molecule has 0 aliphatic carbocycles.